The van der Waals surface area contributed by atoms with Gasteiger partial charge in [-0.15, -0.1) is 0 Å². The van der Waals surface area contributed by atoms with Gasteiger partial charge in [0.1, 0.15) is 11.5 Å². The van der Waals surface area contributed by atoms with Crippen molar-refractivity contribution in [2.75, 3.05) is 26.4 Å². The first kappa shape index (κ1) is 17.3. The van der Waals surface area contributed by atoms with Crippen molar-refractivity contribution in [1.82, 2.24) is 5.32 Å². The van der Waals surface area contributed by atoms with Crippen molar-refractivity contribution in [3.05, 3.63) is 24.3 Å². The van der Waals surface area contributed by atoms with E-state index < -0.39 is 0 Å². The van der Waals surface area contributed by atoms with Gasteiger partial charge in [-0.1, -0.05) is 12.8 Å². The Morgan fingerprint density at radius 1 is 1.05 bits per heavy atom. The van der Waals surface area contributed by atoms with Gasteiger partial charge in [0.25, 0.3) is 5.91 Å². The van der Waals surface area contributed by atoms with Crippen LogP contribution in [0.15, 0.2) is 24.3 Å². The minimum atomic E-state index is -0.119. The number of unbranched alkanes of at least 4 members (excludes halogenated alkanes) is 3. The Morgan fingerprint density at radius 3 is 2.29 bits per heavy atom. The Bertz CT molecular complexity index is 392. The summed E-state index contributed by atoms with van der Waals surface area (Å²) < 4.78 is 10.7. The molecule has 0 aliphatic carbocycles. The Kier molecular flexibility index (Phi) is 9.04. The maximum atomic E-state index is 11.6. The molecule has 5 nitrogen and oxygen atoms in total. The van der Waals surface area contributed by atoms with Crippen molar-refractivity contribution < 1.29 is 19.4 Å². The second-order valence-corrected chi connectivity index (χ2v) is 4.68. The second-order valence-electron chi connectivity index (χ2n) is 4.68. The lowest BCUT2D eigenvalue weighted by atomic mass is 10.2. The normalized spacial score (nSPS) is 10.2. The quantitative estimate of drug-likeness (QED) is 0.614. The van der Waals surface area contributed by atoms with Gasteiger partial charge in [0.05, 0.1) is 6.61 Å². The van der Waals surface area contributed by atoms with Gasteiger partial charge < -0.3 is 19.9 Å². The Hall–Kier alpha value is -1.75. The maximum absolute atomic E-state index is 11.6. The standard InChI is InChI=1S/C16H25NO4/c1-2-20-14-7-9-15(10-8-14)21-13-16(19)17-11-5-3-4-6-12-18/h7-10,18H,2-6,11-13H2,1H3,(H,17,19). The zero-order valence-electron chi connectivity index (χ0n) is 12.6. The number of carbonyl (C=O) groups is 1. The third kappa shape index (κ3) is 8.19. The first-order valence-electron chi connectivity index (χ1n) is 7.49. The zero-order valence-corrected chi connectivity index (χ0v) is 12.6. The average Bonchev–Trinajstić information content (AvgIpc) is 2.50. The smallest absolute Gasteiger partial charge is 0.257 e. The van der Waals surface area contributed by atoms with Gasteiger partial charge in [0.2, 0.25) is 0 Å². The lowest BCUT2D eigenvalue weighted by molar-refractivity contribution is -0.123. The number of rotatable bonds is 11. The number of aliphatic hydroxyl groups is 1. The molecule has 0 saturated heterocycles. The summed E-state index contributed by atoms with van der Waals surface area (Å²) in [7, 11) is 0. The molecular weight excluding hydrogens is 270 g/mol. The molecule has 118 valence electrons. The SMILES string of the molecule is CCOc1ccc(OCC(=O)NCCCCCCO)cc1. The molecule has 1 aromatic rings. The molecule has 5 heteroatoms. The van der Waals surface area contributed by atoms with E-state index >= 15 is 0 Å². The van der Waals surface area contributed by atoms with Crippen LogP contribution in [-0.4, -0.2) is 37.4 Å². The van der Waals surface area contributed by atoms with E-state index in [2.05, 4.69) is 5.32 Å². The van der Waals surface area contributed by atoms with E-state index in [-0.39, 0.29) is 19.1 Å². The van der Waals surface area contributed by atoms with Crippen LogP contribution in [0.1, 0.15) is 32.6 Å². The summed E-state index contributed by atoms with van der Waals surface area (Å²) in [6.07, 6.45) is 3.76. The van der Waals surface area contributed by atoms with Crippen molar-refractivity contribution in [2.24, 2.45) is 0 Å². The van der Waals surface area contributed by atoms with Gasteiger partial charge in [0, 0.05) is 13.2 Å². The van der Waals surface area contributed by atoms with Crippen LogP contribution in [0.25, 0.3) is 0 Å². The van der Waals surface area contributed by atoms with Gasteiger partial charge >= 0.3 is 0 Å². The number of aliphatic hydroxyl groups excluding tert-OH is 1. The van der Waals surface area contributed by atoms with E-state index in [1.165, 1.54) is 0 Å². The number of amides is 1. The lowest BCUT2D eigenvalue weighted by Crippen LogP contribution is -2.29. The van der Waals surface area contributed by atoms with Crippen molar-refractivity contribution >= 4 is 5.91 Å². The molecular formula is C16H25NO4. The molecule has 1 rings (SSSR count). The zero-order chi connectivity index (χ0) is 15.3. The Labute approximate surface area is 126 Å². The van der Waals surface area contributed by atoms with Gasteiger partial charge in [0.15, 0.2) is 6.61 Å². The van der Waals surface area contributed by atoms with E-state index in [0.717, 1.165) is 31.4 Å². The Balaban J connectivity index is 2.12. The third-order valence-corrected chi connectivity index (χ3v) is 2.91. The highest BCUT2D eigenvalue weighted by atomic mass is 16.5. The number of hydrogen-bond acceptors (Lipinski definition) is 4. The van der Waals surface area contributed by atoms with Crippen LogP contribution in [-0.2, 0) is 4.79 Å². The molecule has 0 aromatic heterocycles. The van der Waals surface area contributed by atoms with Crippen molar-refractivity contribution in [2.45, 2.75) is 32.6 Å². The Morgan fingerprint density at radius 2 is 1.67 bits per heavy atom. The average molecular weight is 295 g/mol. The van der Waals surface area contributed by atoms with Crippen molar-refractivity contribution in [3.8, 4) is 11.5 Å². The van der Waals surface area contributed by atoms with E-state index in [1.54, 1.807) is 12.1 Å². The van der Waals surface area contributed by atoms with Crippen LogP contribution in [0.2, 0.25) is 0 Å². The molecule has 1 aromatic carbocycles. The summed E-state index contributed by atoms with van der Waals surface area (Å²) in [5.41, 5.74) is 0. The van der Waals surface area contributed by atoms with Gasteiger partial charge in [-0.25, -0.2) is 0 Å². The van der Waals surface area contributed by atoms with Gasteiger partial charge in [-0.3, -0.25) is 4.79 Å². The molecule has 21 heavy (non-hydrogen) atoms. The minimum Gasteiger partial charge on any atom is -0.494 e. The van der Waals surface area contributed by atoms with Crippen molar-refractivity contribution in [3.63, 3.8) is 0 Å². The fourth-order valence-electron chi connectivity index (χ4n) is 1.82. The minimum absolute atomic E-state index is 0.0185. The first-order chi connectivity index (χ1) is 10.3. The highest BCUT2D eigenvalue weighted by Crippen LogP contribution is 2.17. The highest BCUT2D eigenvalue weighted by Gasteiger charge is 2.02. The van der Waals surface area contributed by atoms with Crippen LogP contribution in [0.3, 0.4) is 0 Å². The molecule has 0 aliphatic rings. The molecule has 2 N–H and O–H groups in total. The number of ether oxygens (including phenoxy) is 2. The summed E-state index contributed by atoms with van der Waals surface area (Å²) in [5, 5.41) is 11.5. The summed E-state index contributed by atoms with van der Waals surface area (Å²) in [6, 6.07) is 7.20. The van der Waals surface area contributed by atoms with E-state index in [1.807, 2.05) is 19.1 Å². The van der Waals surface area contributed by atoms with Crippen LogP contribution in [0.5, 0.6) is 11.5 Å². The molecule has 0 spiro atoms. The second kappa shape index (κ2) is 11.0. The van der Waals surface area contributed by atoms with Crippen LogP contribution < -0.4 is 14.8 Å². The number of nitrogens with one attached hydrogen (secondary N) is 1. The number of hydrogen-bond donors (Lipinski definition) is 2. The maximum Gasteiger partial charge on any atom is 0.257 e. The topological polar surface area (TPSA) is 67.8 Å². The van der Waals surface area contributed by atoms with Gasteiger partial charge in [-0.2, -0.15) is 0 Å². The third-order valence-electron chi connectivity index (χ3n) is 2.91. The summed E-state index contributed by atoms with van der Waals surface area (Å²) >= 11 is 0. The predicted octanol–water partition coefficient (Wildman–Crippen LogP) is 2.13. The summed E-state index contributed by atoms with van der Waals surface area (Å²) in [6.45, 7) is 3.46. The molecule has 0 aliphatic heterocycles. The fourth-order valence-corrected chi connectivity index (χ4v) is 1.82. The summed E-state index contributed by atoms with van der Waals surface area (Å²) in [4.78, 5) is 11.6. The molecule has 1 amide bonds. The van der Waals surface area contributed by atoms with E-state index in [4.69, 9.17) is 14.6 Å². The largest absolute Gasteiger partial charge is 0.494 e. The van der Waals surface area contributed by atoms with E-state index in [0.29, 0.717) is 18.9 Å². The van der Waals surface area contributed by atoms with Crippen molar-refractivity contribution in [1.29, 1.82) is 0 Å². The van der Waals surface area contributed by atoms with Crippen LogP contribution in [0.4, 0.5) is 0 Å². The number of carbonyl (C=O) groups excluding carboxylic acids is 1. The van der Waals surface area contributed by atoms with Gasteiger partial charge in [-0.05, 0) is 44.0 Å². The molecule has 0 fully saturated rings. The van der Waals surface area contributed by atoms with E-state index in [9.17, 15) is 4.79 Å². The highest BCUT2D eigenvalue weighted by molar-refractivity contribution is 5.77. The molecule has 0 atom stereocenters. The fraction of sp³-hybridized carbons (Fsp3) is 0.562. The molecule has 0 radical (unpaired) electrons. The van der Waals surface area contributed by atoms with Crippen LogP contribution in [0, 0.1) is 0 Å². The molecule has 0 saturated carbocycles. The molecule has 0 heterocycles. The predicted molar refractivity (Wildman–Crippen MR) is 81.7 cm³/mol. The number of benzene rings is 1. The summed E-state index contributed by atoms with van der Waals surface area (Å²) in [5.74, 6) is 1.32. The van der Waals surface area contributed by atoms with Crippen LogP contribution >= 0.6 is 0 Å². The monoisotopic (exact) mass is 295 g/mol. The molecule has 0 bridgehead atoms. The first-order valence-corrected chi connectivity index (χ1v) is 7.49. The molecule has 0 unspecified atom stereocenters. The lowest BCUT2D eigenvalue weighted by Gasteiger charge is -2.08.